The first kappa shape index (κ1) is 20.7. The number of nitrogens with one attached hydrogen (secondary N) is 1. The van der Waals surface area contributed by atoms with E-state index in [1.807, 2.05) is 10.8 Å². The molecule has 0 radical (unpaired) electrons. The Labute approximate surface area is 183 Å². The number of aromatic nitrogens is 2. The van der Waals surface area contributed by atoms with Crippen LogP contribution in [0, 0.1) is 5.41 Å². The Morgan fingerprint density at radius 3 is 2.52 bits per heavy atom. The van der Waals surface area contributed by atoms with E-state index in [1.165, 1.54) is 5.56 Å². The molecule has 0 unspecified atom stereocenters. The van der Waals surface area contributed by atoms with E-state index in [0.717, 1.165) is 51.0 Å². The molecule has 1 aromatic carbocycles. The van der Waals surface area contributed by atoms with Gasteiger partial charge in [-0.05, 0) is 74.7 Å². The third-order valence-corrected chi connectivity index (χ3v) is 9.56. The number of hydrogen-bond donors (Lipinski definition) is 1. The average Bonchev–Trinajstić information content (AvgIpc) is 3.38. The number of imidazole rings is 1. The summed E-state index contributed by atoms with van der Waals surface area (Å²) in [5.41, 5.74) is 2.76. The molecule has 3 aliphatic rings. The third kappa shape index (κ3) is 4.28. The van der Waals surface area contributed by atoms with Crippen LogP contribution in [-0.4, -0.2) is 58.9 Å². The molecule has 1 N–H and O–H groups in total. The zero-order chi connectivity index (χ0) is 21.5. The summed E-state index contributed by atoms with van der Waals surface area (Å²) < 4.78 is 26.0. The molecule has 1 aromatic heterocycles. The van der Waals surface area contributed by atoms with Crippen LogP contribution in [0.25, 0.3) is 5.69 Å². The molecule has 1 saturated carbocycles. The molecule has 0 bridgehead atoms. The molecule has 7 nitrogen and oxygen atoms in total. The van der Waals surface area contributed by atoms with E-state index in [2.05, 4.69) is 39.5 Å². The quantitative estimate of drug-likeness (QED) is 0.768. The summed E-state index contributed by atoms with van der Waals surface area (Å²) in [6, 6.07) is 8.78. The largest absolute Gasteiger partial charge is 0.352 e. The van der Waals surface area contributed by atoms with Gasteiger partial charge < -0.3 is 9.88 Å². The molecule has 166 valence electrons. The third-order valence-electron chi connectivity index (χ3n) is 7.39. The Hall–Kier alpha value is -2.19. The zero-order valence-electron chi connectivity index (χ0n) is 17.7. The minimum atomic E-state index is -3.23. The molecule has 1 aliphatic carbocycles. The zero-order valence-corrected chi connectivity index (χ0v) is 18.6. The van der Waals surface area contributed by atoms with E-state index in [9.17, 15) is 13.2 Å². The molecule has 5 rings (SSSR count). The Balaban J connectivity index is 1.08. The molecule has 2 aromatic rings. The number of nitrogens with zero attached hydrogens (tertiary/aromatic N) is 3. The summed E-state index contributed by atoms with van der Waals surface area (Å²) in [4.78, 5) is 19.0. The highest BCUT2D eigenvalue weighted by atomic mass is 32.2. The van der Waals surface area contributed by atoms with Crippen molar-refractivity contribution >= 4 is 15.7 Å². The van der Waals surface area contributed by atoms with Gasteiger partial charge in [0.25, 0.3) is 0 Å². The Kier molecular flexibility index (Phi) is 5.38. The first-order valence-corrected chi connectivity index (χ1v) is 13.0. The minimum Gasteiger partial charge on any atom is -0.352 e. The van der Waals surface area contributed by atoms with E-state index >= 15 is 0 Å². The van der Waals surface area contributed by atoms with Crippen molar-refractivity contribution in [2.24, 2.45) is 5.41 Å². The van der Waals surface area contributed by atoms with Gasteiger partial charge in [-0.25, -0.2) is 13.4 Å². The standard InChI is InChI=1S/C23H30N4O3S/c28-22(21-2-1-13-31(21,29)30)25-19-14-23(15-19)7-10-26(11-8-23)16-18-3-5-20(6-4-18)27-12-9-24-17-27/h3-6,9,12,17,19,21H,1-2,7-8,10-11,13-16H2,(H,25,28)/t21-/m0/s1. The first-order valence-electron chi connectivity index (χ1n) is 11.2. The summed E-state index contributed by atoms with van der Waals surface area (Å²) in [6.45, 7) is 3.10. The second kappa shape index (κ2) is 8.06. The van der Waals surface area contributed by atoms with E-state index in [-0.39, 0.29) is 17.7 Å². The van der Waals surface area contributed by atoms with Gasteiger partial charge in [0.15, 0.2) is 9.84 Å². The number of benzene rings is 1. The molecule has 31 heavy (non-hydrogen) atoms. The highest BCUT2D eigenvalue weighted by Crippen LogP contribution is 2.49. The van der Waals surface area contributed by atoms with Gasteiger partial charge in [0.1, 0.15) is 5.25 Å². The maximum Gasteiger partial charge on any atom is 0.238 e. The smallest absolute Gasteiger partial charge is 0.238 e. The number of carbonyl (C=O) groups excluding carboxylic acids is 1. The summed E-state index contributed by atoms with van der Waals surface area (Å²) >= 11 is 0. The van der Waals surface area contributed by atoms with Gasteiger partial charge in [-0.2, -0.15) is 0 Å². The first-order chi connectivity index (χ1) is 14.9. The fourth-order valence-electron chi connectivity index (χ4n) is 5.50. The van der Waals surface area contributed by atoms with Crippen LogP contribution in [0.4, 0.5) is 0 Å². The minimum absolute atomic E-state index is 0.144. The highest BCUT2D eigenvalue weighted by molar-refractivity contribution is 7.93. The van der Waals surface area contributed by atoms with Crippen molar-refractivity contribution in [3.05, 3.63) is 48.5 Å². The maximum absolute atomic E-state index is 12.4. The number of sulfone groups is 1. The lowest BCUT2D eigenvalue weighted by atomic mass is 9.60. The van der Waals surface area contributed by atoms with E-state index in [4.69, 9.17) is 0 Å². The highest BCUT2D eigenvalue weighted by Gasteiger charge is 2.47. The molecule has 1 amide bonds. The number of rotatable bonds is 5. The van der Waals surface area contributed by atoms with Crippen LogP contribution in [0.15, 0.2) is 43.0 Å². The molecule has 8 heteroatoms. The van der Waals surface area contributed by atoms with Gasteiger partial charge >= 0.3 is 0 Å². The number of likely N-dealkylation sites (tertiary alicyclic amines) is 1. The van der Waals surface area contributed by atoms with E-state index in [1.54, 1.807) is 12.5 Å². The van der Waals surface area contributed by atoms with Crippen molar-refractivity contribution < 1.29 is 13.2 Å². The molecule has 2 saturated heterocycles. The van der Waals surface area contributed by atoms with Crippen LogP contribution >= 0.6 is 0 Å². The summed E-state index contributed by atoms with van der Waals surface area (Å²) in [5.74, 6) is -0.115. The second-order valence-corrected chi connectivity index (χ2v) is 11.8. The van der Waals surface area contributed by atoms with Crippen molar-refractivity contribution in [1.29, 1.82) is 0 Å². The van der Waals surface area contributed by atoms with Crippen molar-refractivity contribution in [3.8, 4) is 5.69 Å². The number of hydrogen-bond acceptors (Lipinski definition) is 5. The topological polar surface area (TPSA) is 84.3 Å². The van der Waals surface area contributed by atoms with Crippen LogP contribution in [-0.2, 0) is 21.2 Å². The van der Waals surface area contributed by atoms with Crippen LogP contribution in [0.3, 0.4) is 0 Å². The molecule has 1 spiro atoms. The molecule has 3 fully saturated rings. The van der Waals surface area contributed by atoms with Crippen molar-refractivity contribution in [2.45, 2.75) is 56.4 Å². The Morgan fingerprint density at radius 2 is 1.90 bits per heavy atom. The number of carbonyl (C=O) groups is 1. The predicted octanol–water partition coefficient (Wildman–Crippen LogP) is 2.31. The molecule has 3 heterocycles. The van der Waals surface area contributed by atoms with E-state index in [0.29, 0.717) is 18.3 Å². The summed E-state index contributed by atoms with van der Waals surface area (Å²) in [6.07, 6.45) is 10.9. The van der Waals surface area contributed by atoms with Crippen LogP contribution in [0.5, 0.6) is 0 Å². The van der Waals surface area contributed by atoms with Gasteiger partial charge in [-0.3, -0.25) is 9.69 Å². The maximum atomic E-state index is 12.4. The fourth-order valence-corrected chi connectivity index (χ4v) is 7.28. The molecule has 1 atom stereocenters. The Bertz CT molecular complexity index is 1020. The normalized spacial score (nSPS) is 25.4. The van der Waals surface area contributed by atoms with Gasteiger partial charge in [0.2, 0.25) is 5.91 Å². The number of piperidine rings is 1. The lowest BCUT2D eigenvalue weighted by Gasteiger charge is -2.52. The average molecular weight is 443 g/mol. The van der Waals surface area contributed by atoms with Crippen molar-refractivity contribution in [2.75, 3.05) is 18.8 Å². The van der Waals surface area contributed by atoms with Crippen molar-refractivity contribution in [3.63, 3.8) is 0 Å². The monoisotopic (exact) mass is 442 g/mol. The van der Waals surface area contributed by atoms with Gasteiger partial charge in [0.05, 0.1) is 12.1 Å². The SMILES string of the molecule is O=C(NC1CC2(CCN(Cc3ccc(-n4ccnc4)cc3)CC2)C1)[C@@H]1CCCS1(=O)=O. The molecule has 2 aliphatic heterocycles. The van der Waals surface area contributed by atoms with E-state index < -0.39 is 15.1 Å². The van der Waals surface area contributed by atoms with Gasteiger partial charge in [-0.15, -0.1) is 0 Å². The van der Waals surface area contributed by atoms with Crippen LogP contribution in [0.1, 0.15) is 44.1 Å². The van der Waals surface area contributed by atoms with Gasteiger partial charge in [0, 0.05) is 30.7 Å². The van der Waals surface area contributed by atoms with Crippen molar-refractivity contribution in [1.82, 2.24) is 19.8 Å². The summed E-state index contributed by atoms with van der Waals surface area (Å²) in [7, 11) is -3.23. The number of amides is 1. The lowest BCUT2D eigenvalue weighted by Crippen LogP contribution is -2.56. The second-order valence-electron chi connectivity index (χ2n) is 9.52. The molecular weight excluding hydrogens is 412 g/mol. The van der Waals surface area contributed by atoms with Crippen LogP contribution < -0.4 is 5.32 Å². The Morgan fingerprint density at radius 1 is 1.16 bits per heavy atom. The molecular formula is C23H30N4O3S. The van der Waals surface area contributed by atoms with Gasteiger partial charge in [-0.1, -0.05) is 12.1 Å². The fraction of sp³-hybridized carbons (Fsp3) is 0.565. The van der Waals surface area contributed by atoms with Crippen LogP contribution in [0.2, 0.25) is 0 Å². The summed E-state index contributed by atoms with van der Waals surface area (Å²) in [5, 5.41) is 2.20. The predicted molar refractivity (Wildman–Crippen MR) is 118 cm³/mol. The lowest BCUT2D eigenvalue weighted by molar-refractivity contribution is -0.123.